The van der Waals surface area contributed by atoms with Crippen LogP contribution < -0.4 is 4.74 Å². The van der Waals surface area contributed by atoms with Crippen LogP contribution in [0.2, 0.25) is 0 Å². The molecule has 0 aromatic carbocycles. The maximum atomic E-state index is 5.33. The SMILES string of the molecule is COc1ncc(CN2CCCCC2c2cc(C)nc(-c3c(C)noc3C)n2)cn1. The van der Waals surface area contributed by atoms with Crippen LogP contribution in [-0.2, 0) is 6.54 Å². The highest BCUT2D eigenvalue weighted by molar-refractivity contribution is 5.60. The quantitative estimate of drug-likeness (QED) is 0.649. The van der Waals surface area contributed by atoms with E-state index >= 15 is 0 Å². The Morgan fingerprint density at radius 1 is 1.14 bits per heavy atom. The van der Waals surface area contributed by atoms with Crippen LogP contribution in [-0.4, -0.2) is 43.6 Å². The lowest BCUT2D eigenvalue weighted by Gasteiger charge is -2.35. The summed E-state index contributed by atoms with van der Waals surface area (Å²) in [7, 11) is 1.57. The molecule has 0 aliphatic carbocycles. The zero-order chi connectivity index (χ0) is 20.4. The molecule has 8 heteroatoms. The zero-order valence-electron chi connectivity index (χ0n) is 17.3. The van der Waals surface area contributed by atoms with Gasteiger partial charge in [0.05, 0.1) is 30.1 Å². The number of likely N-dealkylation sites (tertiary alicyclic amines) is 1. The van der Waals surface area contributed by atoms with Crippen LogP contribution in [0.5, 0.6) is 6.01 Å². The molecule has 4 rings (SSSR count). The van der Waals surface area contributed by atoms with Crippen LogP contribution in [0.15, 0.2) is 23.0 Å². The third-order valence-electron chi connectivity index (χ3n) is 5.34. The van der Waals surface area contributed by atoms with E-state index in [1.54, 1.807) is 7.11 Å². The summed E-state index contributed by atoms with van der Waals surface area (Å²) in [5.41, 5.74) is 4.76. The Morgan fingerprint density at radius 2 is 1.93 bits per heavy atom. The number of aromatic nitrogens is 5. The molecule has 1 atom stereocenters. The Hall–Kier alpha value is -2.87. The summed E-state index contributed by atoms with van der Waals surface area (Å²) in [6.07, 6.45) is 7.09. The lowest BCUT2D eigenvalue weighted by molar-refractivity contribution is 0.137. The molecule has 8 nitrogen and oxygen atoms in total. The number of hydrogen-bond acceptors (Lipinski definition) is 8. The van der Waals surface area contributed by atoms with Gasteiger partial charge < -0.3 is 9.26 Å². The van der Waals surface area contributed by atoms with Crippen molar-refractivity contribution in [2.45, 2.75) is 52.6 Å². The summed E-state index contributed by atoms with van der Waals surface area (Å²) >= 11 is 0. The average molecular weight is 394 g/mol. The molecule has 0 spiro atoms. The first-order valence-electron chi connectivity index (χ1n) is 9.93. The highest BCUT2D eigenvalue weighted by Crippen LogP contribution is 2.33. The largest absolute Gasteiger partial charge is 0.467 e. The molecular weight excluding hydrogens is 368 g/mol. The number of ether oxygens (including phenoxy) is 1. The van der Waals surface area contributed by atoms with Crippen LogP contribution in [0.25, 0.3) is 11.4 Å². The molecule has 1 saturated heterocycles. The monoisotopic (exact) mass is 394 g/mol. The van der Waals surface area contributed by atoms with Gasteiger partial charge in [0, 0.05) is 30.2 Å². The molecule has 1 aliphatic heterocycles. The summed E-state index contributed by atoms with van der Waals surface area (Å²) in [5.74, 6) is 1.43. The van der Waals surface area contributed by atoms with Gasteiger partial charge in [-0.25, -0.2) is 19.9 Å². The fraction of sp³-hybridized carbons (Fsp3) is 0.476. The van der Waals surface area contributed by atoms with Crippen LogP contribution in [0.1, 0.15) is 53.7 Å². The minimum Gasteiger partial charge on any atom is -0.467 e. The van der Waals surface area contributed by atoms with Crippen molar-refractivity contribution in [3.63, 3.8) is 0 Å². The molecule has 29 heavy (non-hydrogen) atoms. The van der Waals surface area contributed by atoms with Gasteiger partial charge in [-0.15, -0.1) is 0 Å². The predicted octanol–water partition coefficient (Wildman–Crippen LogP) is 3.58. The van der Waals surface area contributed by atoms with E-state index in [4.69, 9.17) is 14.2 Å². The van der Waals surface area contributed by atoms with Gasteiger partial charge in [-0.2, -0.15) is 0 Å². The summed E-state index contributed by atoms with van der Waals surface area (Å²) in [6.45, 7) is 7.63. The van der Waals surface area contributed by atoms with Gasteiger partial charge in [0.25, 0.3) is 0 Å². The predicted molar refractivity (Wildman–Crippen MR) is 107 cm³/mol. The van der Waals surface area contributed by atoms with E-state index in [2.05, 4.69) is 31.1 Å². The van der Waals surface area contributed by atoms with Crippen LogP contribution in [0.4, 0.5) is 0 Å². The van der Waals surface area contributed by atoms with Gasteiger partial charge in [-0.3, -0.25) is 4.90 Å². The van der Waals surface area contributed by atoms with Crippen molar-refractivity contribution in [1.82, 2.24) is 30.0 Å². The van der Waals surface area contributed by atoms with Crippen molar-refractivity contribution in [3.05, 3.63) is 46.9 Å². The summed E-state index contributed by atoms with van der Waals surface area (Å²) in [6, 6.07) is 2.71. The second-order valence-electron chi connectivity index (χ2n) is 7.52. The fourth-order valence-electron chi connectivity index (χ4n) is 3.96. The van der Waals surface area contributed by atoms with Gasteiger partial charge in [-0.05, 0) is 46.2 Å². The minimum absolute atomic E-state index is 0.228. The van der Waals surface area contributed by atoms with Gasteiger partial charge in [-0.1, -0.05) is 11.6 Å². The molecule has 0 N–H and O–H groups in total. The highest BCUT2D eigenvalue weighted by Gasteiger charge is 2.27. The van der Waals surface area contributed by atoms with E-state index in [0.29, 0.717) is 11.8 Å². The topological polar surface area (TPSA) is 90.1 Å². The third kappa shape index (κ3) is 4.12. The van der Waals surface area contributed by atoms with Gasteiger partial charge >= 0.3 is 6.01 Å². The normalized spacial score (nSPS) is 17.4. The molecule has 1 unspecified atom stereocenters. The van der Waals surface area contributed by atoms with E-state index in [0.717, 1.165) is 53.5 Å². The van der Waals surface area contributed by atoms with Crippen LogP contribution in [0.3, 0.4) is 0 Å². The second-order valence-corrected chi connectivity index (χ2v) is 7.52. The summed E-state index contributed by atoms with van der Waals surface area (Å²) in [5, 5.41) is 4.06. The van der Waals surface area contributed by atoms with Gasteiger partial charge in [0.1, 0.15) is 5.76 Å². The molecule has 4 heterocycles. The Bertz CT molecular complexity index is 966. The minimum atomic E-state index is 0.228. The first-order chi connectivity index (χ1) is 14.0. The molecule has 3 aromatic rings. The molecule has 152 valence electrons. The highest BCUT2D eigenvalue weighted by atomic mass is 16.5. The smallest absolute Gasteiger partial charge is 0.316 e. The van der Waals surface area contributed by atoms with E-state index < -0.39 is 0 Å². The molecule has 1 aliphatic rings. The number of hydrogen-bond donors (Lipinski definition) is 0. The lowest BCUT2D eigenvalue weighted by Crippen LogP contribution is -2.33. The summed E-state index contributed by atoms with van der Waals surface area (Å²) in [4.78, 5) is 20.5. The van der Waals surface area contributed by atoms with Gasteiger partial charge in [0.2, 0.25) is 0 Å². The van der Waals surface area contributed by atoms with Crippen molar-refractivity contribution >= 4 is 0 Å². The molecule has 0 bridgehead atoms. The maximum Gasteiger partial charge on any atom is 0.316 e. The van der Waals surface area contributed by atoms with E-state index in [-0.39, 0.29) is 6.04 Å². The number of nitrogens with zero attached hydrogens (tertiary/aromatic N) is 6. The van der Waals surface area contributed by atoms with Crippen molar-refractivity contribution in [2.75, 3.05) is 13.7 Å². The fourth-order valence-corrected chi connectivity index (χ4v) is 3.96. The number of rotatable bonds is 5. The Labute approximate surface area is 170 Å². The molecule has 0 saturated carbocycles. The Morgan fingerprint density at radius 3 is 2.62 bits per heavy atom. The third-order valence-corrected chi connectivity index (χ3v) is 5.34. The zero-order valence-corrected chi connectivity index (χ0v) is 17.3. The van der Waals surface area contributed by atoms with Crippen molar-refractivity contribution < 1.29 is 9.26 Å². The molecular formula is C21H26N6O2. The standard InChI is InChI=1S/C21H26N6O2/c1-13-9-17(25-20(24-13)19-14(2)26-29-15(19)3)18-7-5-6-8-27(18)12-16-10-22-21(28-4)23-11-16/h9-11,18H,5-8,12H2,1-4H3. The first-order valence-corrected chi connectivity index (χ1v) is 9.93. The number of piperidine rings is 1. The first kappa shape index (κ1) is 19.4. The van der Waals surface area contributed by atoms with E-state index in [1.807, 2.05) is 33.2 Å². The number of aryl methyl sites for hydroxylation is 3. The van der Waals surface area contributed by atoms with Crippen molar-refractivity contribution in [2.24, 2.45) is 0 Å². The number of methoxy groups -OCH3 is 1. The average Bonchev–Trinajstić information content (AvgIpc) is 3.06. The lowest BCUT2D eigenvalue weighted by atomic mass is 9.98. The molecule has 0 amide bonds. The Balaban J connectivity index is 1.64. The van der Waals surface area contributed by atoms with Crippen LogP contribution >= 0.6 is 0 Å². The second kappa shape index (κ2) is 8.24. The maximum absolute atomic E-state index is 5.33. The van der Waals surface area contributed by atoms with Gasteiger partial charge in [0.15, 0.2) is 5.82 Å². The van der Waals surface area contributed by atoms with Crippen molar-refractivity contribution in [1.29, 1.82) is 0 Å². The van der Waals surface area contributed by atoms with Crippen LogP contribution in [0, 0.1) is 20.8 Å². The van der Waals surface area contributed by atoms with E-state index in [9.17, 15) is 0 Å². The molecule has 3 aromatic heterocycles. The Kier molecular flexibility index (Phi) is 5.53. The summed E-state index contributed by atoms with van der Waals surface area (Å²) < 4.78 is 10.4. The van der Waals surface area contributed by atoms with Crippen molar-refractivity contribution in [3.8, 4) is 17.4 Å². The molecule has 0 radical (unpaired) electrons. The van der Waals surface area contributed by atoms with E-state index in [1.165, 1.54) is 12.8 Å². The molecule has 1 fully saturated rings.